The van der Waals surface area contributed by atoms with Crippen LogP contribution in [0, 0.1) is 5.92 Å². The van der Waals surface area contributed by atoms with E-state index in [1.54, 1.807) is 4.90 Å². The van der Waals surface area contributed by atoms with E-state index < -0.39 is 0 Å². The molecule has 1 aromatic carbocycles. The Morgan fingerprint density at radius 3 is 2.82 bits per heavy atom. The van der Waals surface area contributed by atoms with Crippen molar-refractivity contribution in [1.29, 1.82) is 0 Å². The van der Waals surface area contributed by atoms with Crippen LogP contribution < -0.4 is 5.32 Å². The van der Waals surface area contributed by atoms with E-state index in [2.05, 4.69) is 31.8 Å². The van der Waals surface area contributed by atoms with Crippen LogP contribution in [0.3, 0.4) is 0 Å². The zero-order chi connectivity index (χ0) is 15.9. The maximum atomic E-state index is 12.6. The SMILES string of the molecule is C=C1CCC(N2Cc3cc(CC(C)C)ccc3C2=O)C(=O)N1. The molecular weight excluding hydrogens is 276 g/mol. The first-order chi connectivity index (χ1) is 10.5. The Kier molecular flexibility index (Phi) is 3.77. The maximum absolute atomic E-state index is 12.6. The molecule has 2 aliphatic heterocycles. The lowest BCUT2D eigenvalue weighted by Crippen LogP contribution is -2.49. The number of carbonyl (C=O) groups is 2. The van der Waals surface area contributed by atoms with Crippen LogP contribution in [0.5, 0.6) is 0 Å². The summed E-state index contributed by atoms with van der Waals surface area (Å²) in [5.41, 5.74) is 3.78. The lowest BCUT2D eigenvalue weighted by molar-refractivity contribution is -0.126. The molecule has 1 fully saturated rings. The fourth-order valence-electron chi connectivity index (χ4n) is 3.31. The van der Waals surface area contributed by atoms with E-state index in [1.807, 2.05) is 12.1 Å². The van der Waals surface area contributed by atoms with Gasteiger partial charge in [-0.05, 0) is 42.4 Å². The predicted molar refractivity (Wildman–Crippen MR) is 85.2 cm³/mol. The van der Waals surface area contributed by atoms with Crippen molar-refractivity contribution in [2.75, 3.05) is 0 Å². The molecule has 0 spiro atoms. The molecular formula is C18H22N2O2. The molecule has 1 aromatic rings. The number of benzene rings is 1. The minimum absolute atomic E-state index is 0.0289. The van der Waals surface area contributed by atoms with Gasteiger partial charge in [0.2, 0.25) is 5.91 Å². The molecule has 2 heterocycles. The molecule has 1 atom stereocenters. The highest BCUT2D eigenvalue weighted by molar-refractivity contribution is 6.01. The van der Waals surface area contributed by atoms with Crippen molar-refractivity contribution in [3.8, 4) is 0 Å². The largest absolute Gasteiger partial charge is 0.329 e. The smallest absolute Gasteiger partial charge is 0.255 e. The van der Waals surface area contributed by atoms with E-state index >= 15 is 0 Å². The number of nitrogens with zero attached hydrogens (tertiary/aromatic N) is 1. The van der Waals surface area contributed by atoms with Gasteiger partial charge < -0.3 is 10.2 Å². The summed E-state index contributed by atoms with van der Waals surface area (Å²) in [7, 11) is 0. The molecule has 2 aliphatic rings. The first-order valence-corrected chi connectivity index (χ1v) is 7.87. The Morgan fingerprint density at radius 2 is 2.14 bits per heavy atom. The highest BCUT2D eigenvalue weighted by Crippen LogP contribution is 2.29. The van der Waals surface area contributed by atoms with E-state index in [4.69, 9.17) is 0 Å². The molecule has 0 radical (unpaired) electrons. The van der Waals surface area contributed by atoms with Crippen molar-refractivity contribution >= 4 is 11.8 Å². The molecule has 2 amide bonds. The zero-order valence-corrected chi connectivity index (χ0v) is 13.2. The third-order valence-electron chi connectivity index (χ3n) is 4.34. The molecule has 0 aliphatic carbocycles. The lowest BCUT2D eigenvalue weighted by atomic mass is 9.99. The summed E-state index contributed by atoms with van der Waals surface area (Å²) in [4.78, 5) is 26.4. The molecule has 0 bridgehead atoms. The number of rotatable bonds is 3. The van der Waals surface area contributed by atoms with Crippen molar-refractivity contribution in [2.45, 2.75) is 45.7 Å². The van der Waals surface area contributed by atoms with Crippen LogP contribution in [0.4, 0.5) is 0 Å². The summed E-state index contributed by atoms with van der Waals surface area (Å²) >= 11 is 0. The Bertz CT molecular complexity index is 648. The molecule has 22 heavy (non-hydrogen) atoms. The van der Waals surface area contributed by atoms with Gasteiger partial charge in [-0.25, -0.2) is 0 Å². The Labute approximate surface area is 131 Å². The standard InChI is InChI=1S/C18H22N2O2/c1-11(2)8-13-5-6-15-14(9-13)10-20(18(15)22)16-7-4-12(3)19-17(16)21/h5-6,9,11,16H,3-4,7-8,10H2,1-2H3,(H,19,21). The average molecular weight is 298 g/mol. The maximum Gasteiger partial charge on any atom is 0.255 e. The summed E-state index contributed by atoms with van der Waals surface area (Å²) in [6, 6.07) is 5.68. The summed E-state index contributed by atoms with van der Waals surface area (Å²) < 4.78 is 0. The number of allylic oxidation sites excluding steroid dienone is 1. The van der Waals surface area contributed by atoms with Crippen LogP contribution in [0.2, 0.25) is 0 Å². The number of nitrogens with one attached hydrogen (secondary N) is 1. The van der Waals surface area contributed by atoms with Crippen molar-refractivity contribution in [3.63, 3.8) is 0 Å². The number of fused-ring (bicyclic) bond motifs is 1. The van der Waals surface area contributed by atoms with E-state index in [0.29, 0.717) is 18.9 Å². The monoisotopic (exact) mass is 298 g/mol. The molecule has 0 saturated carbocycles. The summed E-state index contributed by atoms with van der Waals surface area (Å²) in [6.07, 6.45) is 2.39. The van der Waals surface area contributed by atoms with Crippen molar-refractivity contribution in [2.24, 2.45) is 5.92 Å². The Balaban J connectivity index is 1.81. The van der Waals surface area contributed by atoms with Crippen molar-refractivity contribution in [3.05, 3.63) is 47.2 Å². The number of carbonyl (C=O) groups excluding carboxylic acids is 2. The van der Waals surface area contributed by atoms with E-state index in [1.165, 1.54) is 5.56 Å². The topological polar surface area (TPSA) is 49.4 Å². The van der Waals surface area contributed by atoms with Crippen LogP contribution in [-0.4, -0.2) is 22.8 Å². The van der Waals surface area contributed by atoms with Gasteiger partial charge in [0.1, 0.15) is 6.04 Å². The van der Waals surface area contributed by atoms with Crippen LogP contribution in [0.15, 0.2) is 30.5 Å². The van der Waals surface area contributed by atoms with Crippen LogP contribution >= 0.6 is 0 Å². The second-order valence-corrected chi connectivity index (χ2v) is 6.67. The van der Waals surface area contributed by atoms with E-state index in [9.17, 15) is 9.59 Å². The van der Waals surface area contributed by atoms with Gasteiger partial charge in [-0.3, -0.25) is 9.59 Å². The quantitative estimate of drug-likeness (QED) is 0.932. The summed E-state index contributed by atoms with van der Waals surface area (Å²) in [5.74, 6) is 0.444. The van der Waals surface area contributed by atoms with Gasteiger partial charge >= 0.3 is 0 Å². The molecule has 1 saturated heterocycles. The number of hydrogen-bond donors (Lipinski definition) is 1. The second-order valence-electron chi connectivity index (χ2n) is 6.67. The highest BCUT2D eigenvalue weighted by Gasteiger charge is 2.37. The molecule has 4 nitrogen and oxygen atoms in total. The van der Waals surface area contributed by atoms with E-state index in [0.717, 1.165) is 29.7 Å². The molecule has 3 rings (SSSR count). The van der Waals surface area contributed by atoms with Crippen LogP contribution in [0.25, 0.3) is 0 Å². The number of hydrogen-bond acceptors (Lipinski definition) is 2. The third-order valence-corrected chi connectivity index (χ3v) is 4.34. The third kappa shape index (κ3) is 2.65. The van der Waals surface area contributed by atoms with Gasteiger partial charge in [-0.1, -0.05) is 32.6 Å². The van der Waals surface area contributed by atoms with Gasteiger partial charge in [-0.2, -0.15) is 0 Å². The lowest BCUT2D eigenvalue weighted by Gasteiger charge is -2.30. The fraction of sp³-hybridized carbons (Fsp3) is 0.444. The van der Waals surface area contributed by atoms with Gasteiger partial charge in [0.25, 0.3) is 5.91 Å². The highest BCUT2D eigenvalue weighted by atomic mass is 16.2. The van der Waals surface area contributed by atoms with Gasteiger partial charge in [0.15, 0.2) is 0 Å². The fourth-order valence-corrected chi connectivity index (χ4v) is 3.31. The van der Waals surface area contributed by atoms with Gasteiger partial charge in [-0.15, -0.1) is 0 Å². The molecule has 1 unspecified atom stereocenters. The van der Waals surface area contributed by atoms with Crippen LogP contribution in [-0.2, 0) is 17.8 Å². The first-order valence-electron chi connectivity index (χ1n) is 7.87. The van der Waals surface area contributed by atoms with Crippen molar-refractivity contribution < 1.29 is 9.59 Å². The zero-order valence-electron chi connectivity index (χ0n) is 13.2. The molecule has 0 aromatic heterocycles. The normalized spacial score (nSPS) is 21.3. The number of piperidine rings is 1. The summed E-state index contributed by atoms with van der Waals surface area (Å²) in [6.45, 7) is 8.69. The Hall–Kier alpha value is -2.10. The van der Waals surface area contributed by atoms with Crippen LogP contribution in [0.1, 0.15) is 48.2 Å². The minimum atomic E-state index is -0.376. The average Bonchev–Trinajstić information content (AvgIpc) is 2.75. The predicted octanol–water partition coefficient (Wildman–Crippen LogP) is 2.63. The van der Waals surface area contributed by atoms with Gasteiger partial charge in [0.05, 0.1) is 0 Å². The molecule has 4 heteroatoms. The first kappa shape index (κ1) is 14.8. The van der Waals surface area contributed by atoms with E-state index in [-0.39, 0.29) is 17.9 Å². The number of amides is 2. The van der Waals surface area contributed by atoms with Gasteiger partial charge in [0, 0.05) is 17.8 Å². The molecule has 116 valence electrons. The molecule has 1 N–H and O–H groups in total. The van der Waals surface area contributed by atoms with Crippen molar-refractivity contribution in [1.82, 2.24) is 10.2 Å². The summed E-state index contributed by atoms with van der Waals surface area (Å²) in [5, 5.41) is 2.76. The second kappa shape index (κ2) is 5.59. The minimum Gasteiger partial charge on any atom is -0.329 e. The Morgan fingerprint density at radius 1 is 1.36 bits per heavy atom.